The van der Waals surface area contributed by atoms with Crippen LogP contribution in [0.3, 0.4) is 0 Å². The molecule has 1 aliphatic rings. The number of nitrogens with one attached hydrogen (secondary N) is 1. The lowest BCUT2D eigenvalue weighted by Gasteiger charge is -2.25. The Hall–Kier alpha value is -3.06. The molecule has 2 aromatic carbocycles. The topological polar surface area (TPSA) is 62.3 Å². The molecule has 1 saturated heterocycles. The van der Waals surface area contributed by atoms with Crippen LogP contribution in [-0.4, -0.2) is 28.2 Å². The number of hydrogen-bond donors (Lipinski definition) is 1. The highest BCUT2D eigenvalue weighted by Gasteiger charge is 2.30. The van der Waals surface area contributed by atoms with E-state index < -0.39 is 0 Å². The van der Waals surface area contributed by atoms with Crippen LogP contribution >= 0.6 is 11.3 Å². The van der Waals surface area contributed by atoms with Gasteiger partial charge in [0.1, 0.15) is 10.8 Å². The van der Waals surface area contributed by atoms with Crippen molar-refractivity contribution >= 4 is 23.2 Å². The first-order valence-corrected chi connectivity index (χ1v) is 12.6. The first-order chi connectivity index (χ1) is 16.4. The van der Waals surface area contributed by atoms with Crippen LogP contribution in [0.5, 0.6) is 0 Å². The lowest BCUT2D eigenvalue weighted by Crippen LogP contribution is -2.32. The van der Waals surface area contributed by atoms with Gasteiger partial charge in [-0.05, 0) is 61.1 Å². The smallest absolute Gasteiger partial charge is 0.223 e. The van der Waals surface area contributed by atoms with Crippen LogP contribution in [0.1, 0.15) is 64.7 Å². The molecule has 3 aromatic rings. The summed E-state index contributed by atoms with van der Waals surface area (Å²) >= 11 is 1.53. The average Bonchev–Trinajstić information content (AvgIpc) is 3.48. The third-order valence-electron chi connectivity index (χ3n) is 6.41. The molecule has 0 aliphatic carbocycles. The van der Waals surface area contributed by atoms with Gasteiger partial charge in [0.2, 0.25) is 11.8 Å². The molecular weight excluding hydrogens is 449 g/mol. The van der Waals surface area contributed by atoms with Crippen molar-refractivity contribution in [3.8, 4) is 0 Å². The van der Waals surface area contributed by atoms with Crippen molar-refractivity contribution < 1.29 is 14.0 Å². The molecule has 178 valence electrons. The normalized spacial score (nSPS) is 15.5. The third-order valence-corrected chi connectivity index (χ3v) is 7.31. The summed E-state index contributed by atoms with van der Waals surface area (Å²) in [6.07, 6.45) is 2.75. The SMILES string of the molecule is Cc1cccc(C)c1Cc1csc(CNC(=O)CCC(=O)N2CCCC2c2cccc(F)c2)n1. The Morgan fingerprint density at radius 2 is 1.91 bits per heavy atom. The molecule has 1 atom stereocenters. The second-order valence-electron chi connectivity index (χ2n) is 8.86. The Bertz CT molecular complexity index is 1160. The molecule has 7 heteroatoms. The first-order valence-electron chi connectivity index (χ1n) is 11.7. The minimum Gasteiger partial charge on any atom is -0.350 e. The van der Waals surface area contributed by atoms with E-state index in [4.69, 9.17) is 0 Å². The first kappa shape index (κ1) is 24.1. The van der Waals surface area contributed by atoms with Crippen LogP contribution in [0.4, 0.5) is 4.39 Å². The van der Waals surface area contributed by atoms with E-state index in [0.717, 1.165) is 35.5 Å². The molecule has 0 radical (unpaired) electrons. The van der Waals surface area contributed by atoms with Crippen LogP contribution in [0.15, 0.2) is 47.8 Å². The maximum absolute atomic E-state index is 13.6. The molecule has 2 heterocycles. The summed E-state index contributed by atoms with van der Waals surface area (Å²) in [6, 6.07) is 12.6. The van der Waals surface area contributed by atoms with E-state index in [2.05, 4.69) is 42.3 Å². The maximum Gasteiger partial charge on any atom is 0.223 e. The maximum atomic E-state index is 13.6. The molecule has 0 bridgehead atoms. The minimum absolute atomic E-state index is 0.0629. The number of thiazole rings is 1. The monoisotopic (exact) mass is 479 g/mol. The Morgan fingerprint density at radius 1 is 1.15 bits per heavy atom. The van der Waals surface area contributed by atoms with Gasteiger partial charge in [0.15, 0.2) is 0 Å². The largest absolute Gasteiger partial charge is 0.350 e. The van der Waals surface area contributed by atoms with Crippen LogP contribution in [-0.2, 0) is 22.6 Å². The lowest BCUT2D eigenvalue weighted by atomic mass is 9.99. The van der Waals surface area contributed by atoms with Crippen LogP contribution in [0.25, 0.3) is 0 Å². The van der Waals surface area contributed by atoms with E-state index in [0.29, 0.717) is 13.1 Å². The molecule has 5 nitrogen and oxygen atoms in total. The van der Waals surface area contributed by atoms with Crippen molar-refractivity contribution in [1.82, 2.24) is 15.2 Å². The molecule has 1 N–H and O–H groups in total. The average molecular weight is 480 g/mol. The summed E-state index contributed by atoms with van der Waals surface area (Å²) in [6.45, 7) is 5.23. The molecular formula is C27H30FN3O2S. The Morgan fingerprint density at radius 3 is 2.68 bits per heavy atom. The molecule has 0 spiro atoms. The van der Waals surface area contributed by atoms with Crippen molar-refractivity contribution in [2.24, 2.45) is 0 Å². The van der Waals surface area contributed by atoms with Crippen molar-refractivity contribution in [2.45, 2.75) is 58.5 Å². The number of benzene rings is 2. The highest BCUT2D eigenvalue weighted by Crippen LogP contribution is 2.32. The lowest BCUT2D eigenvalue weighted by molar-refractivity contribution is -0.134. The van der Waals surface area contributed by atoms with Gasteiger partial charge in [-0.2, -0.15) is 0 Å². The minimum atomic E-state index is -0.296. The molecule has 1 unspecified atom stereocenters. The Labute approximate surface area is 204 Å². The molecule has 4 rings (SSSR count). The molecule has 1 fully saturated rings. The van der Waals surface area contributed by atoms with Gasteiger partial charge in [-0.15, -0.1) is 11.3 Å². The van der Waals surface area contributed by atoms with E-state index in [1.165, 1.54) is 40.2 Å². The predicted molar refractivity (Wildman–Crippen MR) is 132 cm³/mol. The summed E-state index contributed by atoms with van der Waals surface area (Å²) in [5.74, 6) is -0.524. The van der Waals surface area contributed by atoms with Crippen LogP contribution in [0.2, 0.25) is 0 Å². The summed E-state index contributed by atoms with van der Waals surface area (Å²) in [4.78, 5) is 31.6. The number of likely N-dealkylation sites (tertiary alicyclic amines) is 1. The van der Waals surface area contributed by atoms with Gasteiger partial charge in [-0.25, -0.2) is 9.37 Å². The van der Waals surface area contributed by atoms with Crippen molar-refractivity contribution in [3.05, 3.63) is 86.6 Å². The quantitative estimate of drug-likeness (QED) is 0.480. The molecule has 0 saturated carbocycles. The van der Waals surface area contributed by atoms with Crippen LogP contribution in [0, 0.1) is 19.7 Å². The number of nitrogens with zero attached hydrogens (tertiary/aromatic N) is 2. The highest BCUT2D eigenvalue weighted by atomic mass is 32.1. The summed E-state index contributed by atoms with van der Waals surface area (Å²) in [7, 11) is 0. The van der Waals surface area contributed by atoms with E-state index in [1.54, 1.807) is 11.0 Å². The van der Waals surface area contributed by atoms with Gasteiger partial charge in [-0.1, -0.05) is 30.3 Å². The fraction of sp³-hybridized carbons (Fsp3) is 0.370. The summed E-state index contributed by atoms with van der Waals surface area (Å²) in [5, 5.41) is 5.78. The summed E-state index contributed by atoms with van der Waals surface area (Å²) < 4.78 is 13.6. The van der Waals surface area contributed by atoms with Gasteiger partial charge in [-0.3, -0.25) is 9.59 Å². The van der Waals surface area contributed by atoms with Crippen LogP contribution < -0.4 is 5.32 Å². The third kappa shape index (κ3) is 5.89. The Balaban J connectivity index is 1.25. The van der Waals surface area contributed by atoms with E-state index in [1.807, 2.05) is 11.4 Å². The predicted octanol–water partition coefficient (Wildman–Crippen LogP) is 5.25. The number of aromatic nitrogens is 1. The fourth-order valence-corrected chi connectivity index (χ4v) is 5.31. The number of rotatable bonds is 8. The zero-order valence-corrected chi connectivity index (χ0v) is 20.5. The molecule has 1 aromatic heterocycles. The molecule has 1 aliphatic heterocycles. The van der Waals surface area contributed by atoms with Crippen molar-refractivity contribution in [3.63, 3.8) is 0 Å². The van der Waals surface area contributed by atoms with Gasteiger partial charge in [0, 0.05) is 31.2 Å². The number of hydrogen-bond acceptors (Lipinski definition) is 4. The highest BCUT2D eigenvalue weighted by molar-refractivity contribution is 7.09. The Kier molecular flexibility index (Phi) is 7.73. The van der Waals surface area contributed by atoms with Gasteiger partial charge >= 0.3 is 0 Å². The fourth-order valence-electron chi connectivity index (χ4n) is 4.57. The number of carbonyl (C=O) groups is 2. The van der Waals surface area contributed by atoms with Gasteiger partial charge in [0.05, 0.1) is 18.3 Å². The van der Waals surface area contributed by atoms with Crippen molar-refractivity contribution in [1.29, 1.82) is 0 Å². The number of carbonyl (C=O) groups excluding carboxylic acids is 2. The van der Waals surface area contributed by atoms with Gasteiger partial charge < -0.3 is 10.2 Å². The van der Waals surface area contributed by atoms with E-state index >= 15 is 0 Å². The second-order valence-corrected chi connectivity index (χ2v) is 9.80. The van der Waals surface area contributed by atoms with E-state index in [9.17, 15) is 14.0 Å². The second kappa shape index (κ2) is 10.9. The zero-order chi connectivity index (χ0) is 24.1. The van der Waals surface area contributed by atoms with Crippen molar-refractivity contribution in [2.75, 3.05) is 6.54 Å². The molecule has 2 amide bonds. The van der Waals surface area contributed by atoms with Gasteiger partial charge in [0.25, 0.3) is 0 Å². The standard InChI is InChI=1S/C27H30FN3O2S/c1-18-6-3-7-19(2)23(18)15-22-17-34-26(30-22)16-29-25(32)11-12-27(33)31-13-5-10-24(31)20-8-4-9-21(28)14-20/h3-4,6-9,14,17,24H,5,10-13,15-16H2,1-2H3,(H,29,32). The number of aryl methyl sites for hydroxylation is 2. The van der Waals surface area contributed by atoms with E-state index in [-0.39, 0.29) is 36.5 Å². The molecule has 34 heavy (non-hydrogen) atoms. The summed E-state index contributed by atoms with van der Waals surface area (Å²) in [5.41, 5.74) is 5.62. The zero-order valence-electron chi connectivity index (χ0n) is 19.6. The number of amides is 2. The number of halogens is 1.